The van der Waals surface area contributed by atoms with Gasteiger partial charge < -0.3 is 10.0 Å². The highest BCUT2D eigenvalue weighted by molar-refractivity contribution is 7.91. The predicted molar refractivity (Wildman–Crippen MR) is 106 cm³/mol. The highest BCUT2D eigenvalue weighted by atomic mass is 32.2. The van der Waals surface area contributed by atoms with Crippen LogP contribution in [0.25, 0.3) is 0 Å². The average molecular weight is 404 g/mol. The van der Waals surface area contributed by atoms with E-state index in [9.17, 15) is 18.3 Å². The first kappa shape index (κ1) is 19.4. The zero-order chi connectivity index (χ0) is 19.3. The van der Waals surface area contributed by atoms with E-state index in [4.69, 9.17) is 0 Å². The van der Waals surface area contributed by atoms with Gasteiger partial charge in [-0.2, -0.15) is 0 Å². The van der Waals surface area contributed by atoms with Crippen LogP contribution in [0.1, 0.15) is 17.7 Å². The Morgan fingerprint density at radius 3 is 2.59 bits per heavy atom. The third kappa shape index (κ3) is 4.87. The minimum absolute atomic E-state index is 0.00301. The Morgan fingerprint density at radius 1 is 1.15 bits per heavy atom. The maximum Gasteiger partial charge on any atom is 0.333 e. The van der Waals surface area contributed by atoms with Gasteiger partial charge in [0, 0.05) is 11.1 Å². The second-order valence-corrected chi connectivity index (χ2v) is 9.45. The summed E-state index contributed by atoms with van der Waals surface area (Å²) in [7, 11) is -3.37. The number of rotatable bonds is 8. The highest BCUT2D eigenvalue weighted by Gasteiger charge is 2.27. The molecule has 0 fully saturated rings. The third-order valence-corrected chi connectivity index (χ3v) is 7.15. The van der Waals surface area contributed by atoms with Crippen molar-refractivity contribution in [3.63, 3.8) is 0 Å². The first-order chi connectivity index (χ1) is 13.0. The van der Waals surface area contributed by atoms with E-state index >= 15 is 0 Å². The van der Waals surface area contributed by atoms with Crippen LogP contribution < -0.4 is 0 Å². The summed E-state index contributed by atoms with van der Waals surface area (Å²) >= 11 is 1.62. The Balaban J connectivity index is 1.70. The molecular formula is C20H21NO4S2. The Labute approximate surface area is 163 Å². The monoisotopic (exact) mass is 403 g/mol. The topological polar surface area (TPSA) is 74.7 Å². The molecule has 2 heterocycles. The maximum atomic E-state index is 12.5. The molecule has 3 rings (SSSR count). The van der Waals surface area contributed by atoms with Gasteiger partial charge in [-0.05, 0) is 48.6 Å². The molecule has 0 aliphatic carbocycles. The molecule has 0 amide bonds. The molecule has 0 bridgehead atoms. The van der Waals surface area contributed by atoms with Crippen LogP contribution in [-0.2, 0) is 21.2 Å². The minimum Gasteiger partial charge on any atom is -0.478 e. The molecule has 1 aliphatic rings. The molecule has 0 radical (unpaired) electrons. The Morgan fingerprint density at radius 2 is 1.93 bits per heavy atom. The number of allylic oxidation sites excluding steroid dienone is 2. The van der Waals surface area contributed by atoms with Gasteiger partial charge in [0.1, 0.15) is 0 Å². The molecule has 1 unspecified atom stereocenters. The lowest BCUT2D eigenvalue weighted by atomic mass is 9.98. The fraction of sp³-hybridized carbons (Fsp3) is 0.250. The van der Waals surface area contributed by atoms with Gasteiger partial charge in [-0.3, -0.25) is 0 Å². The van der Waals surface area contributed by atoms with E-state index in [1.807, 2.05) is 28.6 Å². The molecule has 5 nitrogen and oxygen atoms in total. The smallest absolute Gasteiger partial charge is 0.333 e. The highest BCUT2D eigenvalue weighted by Crippen LogP contribution is 2.25. The SMILES string of the molecule is O=C(O)C1=CC=CN(Cc2cccs2)C1CCCS(=O)(=O)c1ccccc1. The normalized spacial score (nSPS) is 17.0. The van der Waals surface area contributed by atoms with Crippen LogP contribution in [0, 0.1) is 0 Å². The van der Waals surface area contributed by atoms with Crippen molar-refractivity contribution >= 4 is 27.1 Å². The standard InChI is InChI=1S/C20H21NO4S2/c22-20(23)18-10-4-12-21(15-16-7-5-13-26-16)19(18)11-6-14-27(24,25)17-8-2-1-3-9-17/h1-5,7-10,12-13,19H,6,11,14-15H2,(H,22,23). The van der Waals surface area contributed by atoms with E-state index in [2.05, 4.69) is 0 Å². The number of hydrogen-bond donors (Lipinski definition) is 1. The first-order valence-corrected chi connectivity index (χ1v) is 11.2. The van der Waals surface area contributed by atoms with Crippen LogP contribution in [0.15, 0.2) is 76.7 Å². The summed E-state index contributed by atoms with van der Waals surface area (Å²) in [6.45, 7) is 0.606. The fourth-order valence-corrected chi connectivity index (χ4v) is 5.21. The molecule has 1 aromatic carbocycles. The molecule has 1 aliphatic heterocycles. The van der Waals surface area contributed by atoms with Crippen LogP contribution in [0.3, 0.4) is 0 Å². The molecule has 1 atom stereocenters. The van der Waals surface area contributed by atoms with Crippen molar-refractivity contribution in [1.29, 1.82) is 0 Å². The Kier molecular flexibility index (Phi) is 6.13. The van der Waals surface area contributed by atoms with Gasteiger partial charge in [0.05, 0.1) is 28.8 Å². The van der Waals surface area contributed by atoms with Crippen molar-refractivity contribution in [1.82, 2.24) is 4.90 Å². The van der Waals surface area contributed by atoms with Crippen LogP contribution in [0.5, 0.6) is 0 Å². The van der Waals surface area contributed by atoms with Crippen molar-refractivity contribution in [2.24, 2.45) is 0 Å². The minimum atomic E-state index is -3.37. The molecule has 2 aromatic rings. The summed E-state index contributed by atoms with van der Waals surface area (Å²) in [6.07, 6.45) is 6.06. The van der Waals surface area contributed by atoms with Gasteiger partial charge >= 0.3 is 5.97 Å². The fourth-order valence-electron chi connectivity index (χ4n) is 3.14. The number of carboxylic acid groups (broad SMARTS) is 1. The second-order valence-electron chi connectivity index (χ2n) is 6.31. The van der Waals surface area contributed by atoms with E-state index in [1.165, 1.54) is 0 Å². The lowest BCUT2D eigenvalue weighted by Gasteiger charge is -2.33. The second kappa shape index (κ2) is 8.54. The Hall–Kier alpha value is -2.38. The summed E-state index contributed by atoms with van der Waals surface area (Å²) in [5.74, 6) is -0.969. The van der Waals surface area contributed by atoms with Gasteiger partial charge in [0.2, 0.25) is 0 Å². The van der Waals surface area contributed by atoms with E-state index in [1.54, 1.807) is 53.8 Å². The summed E-state index contributed by atoms with van der Waals surface area (Å²) in [6, 6.07) is 12.0. The number of benzene rings is 1. The first-order valence-electron chi connectivity index (χ1n) is 8.65. The summed E-state index contributed by atoms with van der Waals surface area (Å²) < 4.78 is 24.9. The summed E-state index contributed by atoms with van der Waals surface area (Å²) in [5.41, 5.74) is 0.297. The molecule has 0 spiro atoms. The van der Waals surface area contributed by atoms with Gasteiger partial charge in [0.25, 0.3) is 0 Å². The number of thiophene rings is 1. The number of nitrogens with zero attached hydrogens (tertiary/aromatic N) is 1. The van der Waals surface area contributed by atoms with Gasteiger partial charge in [0.15, 0.2) is 9.84 Å². The van der Waals surface area contributed by atoms with Crippen molar-refractivity contribution in [2.45, 2.75) is 30.3 Å². The van der Waals surface area contributed by atoms with Crippen LogP contribution >= 0.6 is 11.3 Å². The largest absolute Gasteiger partial charge is 0.478 e. The van der Waals surface area contributed by atoms with E-state index < -0.39 is 15.8 Å². The lowest BCUT2D eigenvalue weighted by Crippen LogP contribution is -2.36. The van der Waals surface area contributed by atoms with Crippen LogP contribution in [0.2, 0.25) is 0 Å². The van der Waals surface area contributed by atoms with E-state index in [0.717, 1.165) is 4.88 Å². The van der Waals surface area contributed by atoms with Gasteiger partial charge in [-0.15, -0.1) is 11.3 Å². The van der Waals surface area contributed by atoms with Crippen molar-refractivity contribution in [3.8, 4) is 0 Å². The molecule has 1 N–H and O–H groups in total. The number of hydrogen-bond acceptors (Lipinski definition) is 5. The van der Waals surface area contributed by atoms with E-state index in [0.29, 0.717) is 29.9 Å². The average Bonchev–Trinajstić information content (AvgIpc) is 3.16. The molecule has 7 heteroatoms. The zero-order valence-electron chi connectivity index (χ0n) is 14.7. The van der Waals surface area contributed by atoms with Crippen molar-refractivity contribution in [3.05, 3.63) is 76.6 Å². The van der Waals surface area contributed by atoms with Gasteiger partial charge in [-0.1, -0.05) is 24.3 Å². The van der Waals surface area contributed by atoms with Crippen molar-refractivity contribution < 1.29 is 18.3 Å². The van der Waals surface area contributed by atoms with Crippen LogP contribution in [-0.4, -0.2) is 36.2 Å². The number of sulfone groups is 1. The number of carboxylic acids is 1. The number of carbonyl (C=O) groups is 1. The van der Waals surface area contributed by atoms with Gasteiger partial charge in [-0.25, -0.2) is 13.2 Å². The predicted octanol–water partition coefficient (Wildman–Crippen LogP) is 3.71. The molecule has 0 saturated heterocycles. The molecule has 1 aromatic heterocycles. The van der Waals surface area contributed by atoms with E-state index in [-0.39, 0.29) is 11.8 Å². The number of aliphatic carboxylic acids is 1. The molecule has 142 valence electrons. The lowest BCUT2D eigenvalue weighted by molar-refractivity contribution is -0.133. The molecule has 0 saturated carbocycles. The molecular weight excluding hydrogens is 382 g/mol. The Bertz CT molecular complexity index is 932. The molecule has 27 heavy (non-hydrogen) atoms. The van der Waals surface area contributed by atoms with Crippen molar-refractivity contribution in [2.75, 3.05) is 5.75 Å². The zero-order valence-corrected chi connectivity index (χ0v) is 16.3. The van der Waals surface area contributed by atoms with Crippen LogP contribution in [0.4, 0.5) is 0 Å². The maximum absolute atomic E-state index is 12.5. The summed E-state index contributed by atoms with van der Waals surface area (Å²) in [4.78, 5) is 15.1. The quantitative estimate of drug-likeness (QED) is 0.727. The summed E-state index contributed by atoms with van der Waals surface area (Å²) in [5, 5.41) is 11.5. The third-order valence-electron chi connectivity index (χ3n) is 4.47.